The number of carbonyl (C=O) groups is 1. The number of nitrogens with zero attached hydrogens (tertiary/aromatic N) is 3. The number of fused-ring (bicyclic) bond motifs is 1. The Morgan fingerprint density at radius 3 is 2.75 bits per heavy atom. The number of H-pyrrole nitrogens is 1. The van der Waals surface area contributed by atoms with Crippen molar-refractivity contribution in [1.82, 2.24) is 19.7 Å². The minimum Gasteiger partial charge on any atom is -0.497 e. The van der Waals surface area contributed by atoms with E-state index in [1.165, 1.54) is 17.1 Å². The molecule has 0 bridgehead atoms. The average Bonchev–Trinajstić information content (AvgIpc) is 3.15. The molecule has 140 valence electrons. The van der Waals surface area contributed by atoms with Crippen molar-refractivity contribution in [2.24, 2.45) is 0 Å². The SMILES string of the molecule is COc1cccc(-c2ccc3nc(-n4cc(OC(=O)O)cn4)[nH]c(=O)c3c2)c1. The molecular formula is C19H14N4O5. The Hall–Kier alpha value is -4.14. The molecule has 0 aliphatic rings. The molecule has 0 amide bonds. The first-order valence-electron chi connectivity index (χ1n) is 8.18. The van der Waals surface area contributed by atoms with E-state index < -0.39 is 6.16 Å². The van der Waals surface area contributed by atoms with Gasteiger partial charge in [0.2, 0.25) is 5.95 Å². The van der Waals surface area contributed by atoms with E-state index in [9.17, 15) is 9.59 Å². The molecular weight excluding hydrogens is 364 g/mol. The fraction of sp³-hybridized carbons (Fsp3) is 0.0526. The summed E-state index contributed by atoms with van der Waals surface area (Å²) < 4.78 is 11.0. The molecule has 9 heteroatoms. The number of aromatic nitrogens is 4. The van der Waals surface area contributed by atoms with E-state index in [2.05, 4.69) is 19.8 Å². The maximum absolute atomic E-state index is 12.6. The van der Waals surface area contributed by atoms with Gasteiger partial charge in [-0.2, -0.15) is 5.10 Å². The van der Waals surface area contributed by atoms with E-state index in [-0.39, 0.29) is 17.3 Å². The highest BCUT2D eigenvalue weighted by atomic mass is 16.7. The number of methoxy groups -OCH3 is 1. The highest BCUT2D eigenvalue weighted by Crippen LogP contribution is 2.25. The molecule has 28 heavy (non-hydrogen) atoms. The smallest absolute Gasteiger partial charge is 0.497 e. The average molecular weight is 378 g/mol. The number of ether oxygens (including phenoxy) is 2. The molecule has 0 saturated carbocycles. The molecule has 0 unspecified atom stereocenters. The van der Waals surface area contributed by atoms with Crippen LogP contribution in [0.4, 0.5) is 4.79 Å². The highest BCUT2D eigenvalue weighted by Gasteiger charge is 2.11. The maximum Gasteiger partial charge on any atom is 0.511 e. The summed E-state index contributed by atoms with van der Waals surface area (Å²) in [6.07, 6.45) is 1.07. The second-order valence-electron chi connectivity index (χ2n) is 5.84. The van der Waals surface area contributed by atoms with Gasteiger partial charge in [-0.15, -0.1) is 0 Å². The fourth-order valence-electron chi connectivity index (χ4n) is 2.79. The van der Waals surface area contributed by atoms with Crippen LogP contribution in [-0.4, -0.2) is 38.1 Å². The van der Waals surface area contributed by atoms with Gasteiger partial charge in [-0.1, -0.05) is 18.2 Å². The van der Waals surface area contributed by atoms with Crippen molar-refractivity contribution in [3.05, 3.63) is 65.2 Å². The number of hydrogen-bond acceptors (Lipinski definition) is 6. The molecule has 0 radical (unpaired) electrons. The van der Waals surface area contributed by atoms with E-state index in [0.29, 0.717) is 10.9 Å². The van der Waals surface area contributed by atoms with Crippen LogP contribution < -0.4 is 15.0 Å². The largest absolute Gasteiger partial charge is 0.511 e. The summed E-state index contributed by atoms with van der Waals surface area (Å²) >= 11 is 0. The lowest BCUT2D eigenvalue weighted by molar-refractivity contribution is 0.144. The van der Waals surface area contributed by atoms with Crippen molar-refractivity contribution < 1.29 is 19.4 Å². The second-order valence-corrected chi connectivity index (χ2v) is 5.84. The van der Waals surface area contributed by atoms with Crippen LogP contribution in [0.15, 0.2) is 59.7 Å². The number of benzene rings is 2. The lowest BCUT2D eigenvalue weighted by Crippen LogP contribution is -2.13. The Balaban J connectivity index is 1.75. The Bertz CT molecular complexity index is 1240. The first-order chi connectivity index (χ1) is 13.5. The molecule has 0 fully saturated rings. The van der Waals surface area contributed by atoms with Gasteiger partial charge in [0.15, 0.2) is 5.75 Å². The van der Waals surface area contributed by atoms with Crippen LogP contribution in [0.3, 0.4) is 0 Å². The lowest BCUT2D eigenvalue weighted by Gasteiger charge is -2.07. The van der Waals surface area contributed by atoms with E-state index in [4.69, 9.17) is 9.84 Å². The topological polar surface area (TPSA) is 119 Å². The minimum absolute atomic E-state index is 0.0172. The zero-order chi connectivity index (χ0) is 19.7. The third-order valence-electron chi connectivity index (χ3n) is 4.08. The van der Waals surface area contributed by atoms with Crippen LogP contribution in [-0.2, 0) is 0 Å². The summed E-state index contributed by atoms with van der Waals surface area (Å²) in [5, 5.41) is 13.0. The van der Waals surface area contributed by atoms with Gasteiger partial charge < -0.3 is 14.6 Å². The summed E-state index contributed by atoms with van der Waals surface area (Å²) in [6, 6.07) is 12.9. The van der Waals surface area contributed by atoms with Crippen LogP contribution in [0.5, 0.6) is 11.5 Å². The van der Waals surface area contributed by atoms with E-state index in [0.717, 1.165) is 16.9 Å². The Morgan fingerprint density at radius 1 is 1.14 bits per heavy atom. The molecule has 0 aliphatic heterocycles. The van der Waals surface area contributed by atoms with Crippen LogP contribution in [0.25, 0.3) is 28.0 Å². The maximum atomic E-state index is 12.6. The van der Waals surface area contributed by atoms with Gasteiger partial charge >= 0.3 is 6.16 Å². The zero-order valence-corrected chi connectivity index (χ0v) is 14.6. The minimum atomic E-state index is -1.45. The van der Waals surface area contributed by atoms with Crippen molar-refractivity contribution in [3.8, 4) is 28.6 Å². The van der Waals surface area contributed by atoms with E-state index >= 15 is 0 Å². The highest BCUT2D eigenvalue weighted by molar-refractivity contribution is 5.84. The van der Waals surface area contributed by atoms with Gasteiger partial charge in [0.05, 0.1) is 30.4 Å². The molecule has 0 saturated heterocycles. The molecule has 2 heterocycles. The summed E-state index contributed by atoms with van der Waals surface area (Å²) in [5.74, 6) is 0.883. The first kappa shape index (κ1) is 17.3. The van der Waals surface area contributed by atoms with Gasteiger partial charge in [-0.3, -0.25) is 9.78 Å². The number of rotatable bonds is 4. The molecule has 0 atom stereocenters. The van der Waals surface area contributed by atoms with Gasteiger partial charge in [-0.05, 0) is 35.4 Å². The summed E-state index contributed by atoms with van der Waals surface area (Å²) in [4.78, 5) is 30.2. The lowest BCUT2D eigenvalue weighted by atomic mass is 10.0. The molecule has 2 N–H and O–H groups in total. The summed E-state index contributed by atoms with van der Waals surface area (Å²) in [7, 11) is 1.60. The molecule has 0 aliphatic carbocycles. The molecule has 2 aromatic carbocycles. The molecule has 9 nitrogen and oxygen atoms in total. The van der Waals surface area contributed by atoms with E-state index in [1.807, 2.05) is 30.3 Å². The fourth-order valence-corrected chi connectivity index (χ4v) is 2.79. The van der Waals surface area contributed by atoms with Crippen molar-refractivity contribution >= 4 is 17.1 Å². The van der Waals surface area contributed by atoms with Gasteiger partial charge in [-0.25, -0.2) is 14.5 Å². The van der Waals surface area contributed by atoms with Crippen LogP contribution in [0.2, 0.25) is 0 Å². The summed E-state index contributed by atoms with van der Waals surface area (Å²) in [5.41, 5.74) is 1.89. The number of carboxylic acid groups (broad SMARTS) is 1. The first-order valence-corrected chi connectivity index (χ1v) is 8.18. The van der Waals surface area contributed by atoms with Gasteiger partial charge in [0.1, 0.15) is 5.75 Å². The Morgan fingerprint density at radius 2 is 1.96 bits per heavy atom. The Labute approximate surface area is 157 Å². The predicted octanol–water partition coefficient (Wildman–Crippen LogP) is 2.84. The Kier molecular flexibility index (Phi) is 4.24. The number of nitrogens with one attached hydrogen (secondary N) is 1. The standard InChI is InChI=1S/C19H14N4O5/c1-27-13-4-2-3-11(7-13)12-5-6-16-15(8-12)17(24)22-18(21-16)23-10-14(9-20-23)28-19(25)26/h2-10H,1H3,(H,25,26)(H,21,22,24). The van der Waals surface area contributed by atoms with Gasteiger partial charge in [0.25, 0.3) is 5.56 Å². The quantitative estimate of drug-likeness (QED) is 0.524. The summed E-state index contributed by atoms with van der Waals surface area (Å²) in [6.45, 7) is 0. The predicted molar refractivity (Wildman–Crippen MR) is 100 cm³/mol. The van der Waals surface area contributed by atoms with Crippen LogP contribution >= 0.6 is 0 Å². The third kappa shape index (κ3) is 3.28. The third-order valence-corrected chi connectivity index (χ3v) is 4.08. The van der Waals surface area contributed by atoms with Crippen molar-refractivity contribution in [3.63, 3.8) is 0 Å². The second kappa shape index (κ2) is 6.88. The number of hydrogen-bond donors (Lipinski definition) is 2. The van der Waals surface area contributed by atoms with Crippen LogP contribution in [0, 0.1) is 0 Å². The van der Waals surface area contributed by atoms with Crippen molar-refractivity contribution in [2.45, 2.75) is 0 Å². The molecule has 4 aromatic rings. The van der Waals surface area contributed by atoms with Gasteiger partial charge in [0, 0.05) is 0 Å². The number of aromatic amines is 1. The zero-order valence-electron chi connectivity index (χ0n) is 14.6. The van der Waals surface area contributed by atoms with Crippen molar-refractivity contribution in [2.75, 3.05) is 7.11 Å². The molecule has 0 spiro atoms. The van der Waals surface area contributed by atoms with Crippen LogP contribution in [0.1, 0.15) is 0 Å². The monoisotopic (exact) mass is 378 g/mol. The van der Waals surface area contributed by atoms with Crippen molar-refractivity contribution in [1.29, 1.82) is 0 Å². The molecule has 4 rings (SSSR count). The van der Waals surface area contributed by atoms with E-state index in [1.54, 1.807) is 19.2 Å². The normalized spacial score (nSPS) is 10.8. The molecule has 2 aromatic heterocycles.